The standard InChI is InChI=1S/C22H25FN4O4/c1-21(2)19(30)27(4)20(24)26-22(21,3)14-11-13(7-8-15(14)23)25-16-9-6-12(18(28)29)10-17(16)31-5/h6-11,25H,1-5H3,(H2,24,26)(H,28,29). The Balaban J connectivity index is 2.08. The molecule has 2 aromatic rings. The monoisotopic (exact) mass is 428 g/mol. The Kier molecular flexibility index (Phi) is 5.39. The molecule has 0 fully saturated rings. The van der Waals surface area contributed by atoms with E-state index in [4.69, 9.17) is 15.6 Å². The highest BCUT2D eigenvalue weighted by molar-refractivity contribution is 6.01. The van der Waals surface area contributed by atoms with E-state index in [1.165, 1.54) is 43.3 Å². The normalized spacial score (nSPS) is 20.3. The topological polar surface area (TPSA) is 117 Å². The molecule has 1 amide bonds. The number of amides is 1. The molecular formula is C22H25FN4O4. The molecule has 0 saturated carbocycles. The van der Waals surface area contributed by atoms with Gasteiger partial charge in [-0.3, -0.25) is 9.69 Å². The lowest BCUT2D eigenvalue weighted by molar-refractivity contribution is -0.140. The van der Waals surface area contributed by atoms with Crippen molar-refractivity contribution >= 4 is 29.2 Å². The Morgan fingerprint density at radius 3 is 2.52 bits per heavy atom. The van der Waals surface area contributed by atoms with Crippen LogP contribution in [-0.2, 0) is 10.3 Å². The van der Waals surface area contributed by atoms with E-state index in [0.717, 1.165) is 0 Å². The molecule has 0 aliphatic carbocycles. The number of nitrogens with one attached hydrogen (secondary N) is 1. The zero-order valence-electron chi connectivity index (χ0n) is 18.0. The third-order valence-electron chi connectivity index (χ3n) is 5.96. The first-order chi connectivity index (χ1) is 14.4. The number of nitrogens with two attached hydrogens (primary N) is 1. The van der Waals surface area contributed by atoms with Crippen molar-refractivity contribution in [1.82, 2.24) is 4.90 Å². The van der Waals surface area contributed by atoms with Crippen LogP contribution in [-0.4, -0.2) is 42.0 Å². The van der Waals surface area contributed by atoms with Gasteiger partial charge in [-0.1, -0.05) is 0 Å². The molecule has 0 radical (unpaired) electrons. The van der Waals surface area contributed by atoms with Gasteiger partial charge in [-0.2, -0.15) is 0 Å². The van der Waals surface area contributed by atoms with E-state index in [0.29, 0.717) is 17.1 Å². The van der Waals surface area contributed by atoms with Crippen LogP contribution in [0.25, 0.3) is 0 Å². The summed E-state index contributed by atoms with van der Waals surface area (Å²) in [4.78, 5) is 29.8. The van der Waals surface area contributed by atoms with Gasteiger partial charge < -0.3 is 20.9 Å². The number of aliphatic imine (C=N–C) groups is 1. The number of halogens is 1. The molecule has 2 aromatic carbocycles. The maximum Gasteiger partial charge on any atom is 0.335 e. The number of aromatic carboxylic acids is 1. The van der Waals surface area contributed by atoms with E-state index in [1.807, 2.05) is 0 Å². The molecule has 1 aliphatic rings. The largest absolute Gasteiger partial charge is 0.495 e. The zero-order valence-corrected chi connectivity index (χ0v) is 18.0. The molecule has 9 heteroatoms. The highest BCUT2D eigenvalue weighted by atomic mass is 19.1. The van der Waals surface area contributed by atoms with E-state index in [1.54, 1.807) is 32.9 Å². The Morgan fingerprint density at radius 1 is 1.23 bits per heavy atom. The number of carboxylic acid groups (broad SMARTS) is 1. The maximum atomic E-state index is 15.0. The van der Waals surface area contributed by atoms with Crippen LogP contribution < -0.4 is 15.8 Å². The minimum absolute atomic E-state index is 0.00974. The second kappa shape index (κ2) is 7.57. The Hall–Kier alpha value is -3.62. The molecule has 4 N–H and O–H groups in total. The van der Waals surface area contributed by atoms with Crippen LogP contribution in [0.5, 0.6) is 5.75 Å². The molecule has 1 aliphatic heterocycles. The number of ether oxygens (including phenoxy) is 1. The molecule has 31 heavy (non-hydrogen) atoms. The van der Waals surface area contributed by atoms with Crippen molar-refractivity contribution in [2.75, 3.05) is 19.5 Å². The lowest BCUT2D eigenvalue weighted by Gasteiger charge is -2.46. The molecule has 8 nitrogen and oxygen atoms in total. The van der Waals surface area contributed by atoms with Gasteiger partial charge in [0.05, 0.1) is 23.8 Å². The second-order valence-corrected chi connectivity index (χ2v) is 8.07. The molecule has 1 heterocycles. The summed E-state index contributed by atoms with van der Waals surface area (Å²) in [6.45, 7) is 5.08. The van der Waals surface area contributed by atoms with Crippen LogP contribution in [0.4, 0.5) is 15.8 Å². The maximum absolute atomic E-state index is 15.0. The Labute approximate surface area is 179 Å². The van der Waals surface area contributed by atoms with E-state index < -0.39 is 22.7 Å². The van der Waals surface area contributed by atoms with Crippen LogP contribution in [0.2, 0.25) is 0 Å². The van der Waals surface area contributed by atoms with Crippen molar-refractivity contribution in [2.24, 2.45) is 16.1 Å². The van der Waals surface area contributed by atoms with Gasteiger partial charge in [0.1, 0.15) is 17.1 Å². The summed E-state index contributed by atoms with van der Waals surface area (Å²) in [6.07, 6.45) is 0. The lowest BCUT2D eigenvalue weighted by atomic mass is 9.67. The summed E-state index contributed by atoms with van der Waals surface area (Å²) in [5.41, 5.74) is 4.91. The smallest absolute Gasteiger partial charge is 0.335 e. The summed E-state index contributed by atoms with van der Waals surface area (Å²) in [6, 6.07) is 8.77. The fourth-order valence-electron chi connectivity index (χ4n) is 3.63. The van der Waals surface area contributed by atoms with Crippen molar-refractivity contribution in [3.63, 3.8) is 0 Å². The number of carbonyl (C=O) groups is 2. The quantitative estimate of drug-likeness (QED) is 0.673. The molecule has 0 saturated heterocycles. The molecule has 0 bridgehead atoms. The average molecular weight is 428 g/mol. The first-order valence-electron chi connectivity index (χ1n) is 9.54. The van der Waals surface area contributed by atoms with Gasteiger partial charge in [0.25, 0.3) is 0 Å². The summed E-state index contributed by atoms with van der Waals surface area (Å²) >= 11 is 0. The summed E-state index contributed by atoms with van der Waals surface area (Å²) < 4.78 is 20.3. The predicted octanol–water partition coefficient (Wildman–Crippen LogP) is 3.30. The number of hydrogen-bond donors (Lipinski definition) is 3. The third kappa shape index (κ3) is 3.56. The van der Waals surface area contributed by atoms with Crippen molar-refractivity contribution < 1.29 is 23.8 Å². The zero-order chi connectivity index (χ0) is 23.1. The van der Waals surface area contributed by atoms with Gasteiger partial charge >= 0.3 is 5.97 Å². The van der Waals surface area contributed by atoms with Crippen LogP contribution in [0.3, 0.4) is 0 Å². The molecule has 3 rings (SSSR count). The molecule has 1 unspecified atom stereocenters. The molecule has 1 atom stereocenters. The van der Waals surface area contributed by atoms with Crippen molar-refractivity contribution in [3.8, 4) is 5.75 Å². The SMILES string of the molecule is COc1cc(C(=O)O)ccc1Nc1ccc(F)c(C2(C)N=C(N)N(C)C(=O)C2(C)C)c1. The lowest BCUT2D eigenvalue weighted by Crippen LogP contribution is -2.58. The van der Waals surface area contributed by atoms with Crippen molar-refractivity contribution in [1.29, 1.82) is 0 Å². The van der Waals surface area contributed by atoms with Crippen LogP contribution in [0, 0.1) is 11.2 Å². The highest BCUT2D eigenvalue weighted by Crippen LogP contribution is 2.48. The van der Waals surface area contributed by atoms with Gasteiger partial charge in [0.15, 0.2) is 5.96 Å². The van der Waals surface area contributed by atoms with E-state index in [2.05, 4.69) is 10.3 Å². The summed E-state index contributed by atoms with van der Waals surface area (Å²) in [7, 11) is 2.96. The first kappa shape index (κ1) is 22.1. The fourth-order valence-corrected chi connectivity index (χ4v) is 3.63. The number of benzene rings is 2. The number of guanidine groups is 1. The number of rotatable bonds is 5. The van der Waals surface area contributed by atoms with Gasteiger partial charge in [0, 0.05) is 18.3 Å². The third-order valence-corrected chi connectivity index (χ3v) is 5.96. The Morgan fingerprint density at radius 2 is 1.90 bits per heavy atom. The minimum atomic E-state index is -1.25. The van der Waals surface area contributed by atoms with E-state index in [-0.39, 0.29) is 23.0 Å². The molecule has 0 aromatic heterocycles. The number of carboxylic acids is 1. The number of hydrogen-bond acceptors (Lipinski definition) is 6. The van der Waals surface area contributed by atoms with Crippen LogP contribution in [0.15, 0.2) is 41.4 Å². The number of anilines is 2. The van der Waals surface area contributed by atoms with Gasteiger partial charge in [-0.15, -0.1) is 0 Å². The van der Waals surface area contributed by atoms with Crippen LogP contribution >= 0.6 is 0 Å². The fraction of sp³-hybridized carbons (Fsp3) is 0.318. The molecule has 164 valence electrons. The number of nitrogens with zero attached hydrogens (tertiary/aromatic N) is 2. The van der Waals surface area contributed by atoms with Gasteiger partial charge in [-0.25, -0.2) is 14.2 Å². The first-order valence-corrected chi connectivity index (χ1v) is 9.54. The number of methoxy groups -OCH3 is 1. The van der Waals surface area contributed by atoms with Crippen molar-refractivity contribution in [2.45, 2.75) is 26.3 Å². The highest BCUT2D eigenvalue weighted by Gasteiger charge is 2.53. The predicted molar refractivity (Wildman–Crippen MR) is 115 cm³/mol. The Bertz CT molecular complexity index is 1100. The molecule has 0 spiro atoms. The van der Waals surface area contributed by atoms with E-state index in [9.17, 15) is 14.0 Å². The average Bonchev–Trinajstić information content (AvgIpc) is 2.72. The van der Waals surface area contributed by atoms with Gasteiger partial charge in [-0.05, 0) is 57.2 Å². The van der Waals surface area contributed by atoms with Gasteiger partial charge in [0.2, 0.25) is 5.91 Å². The minimum Gasteiger partial charge on any atom is -0.495 e. The number of carbonyl (C=O) groups excluding carboxylic acids is 1. The van der Waals surface area contributed by atoms with Crippen molar-refractivity contribution in [3.05, 3.63) is 53.3 Å². The summed E-state index contributed by atoms with van der Waals surface area (Å²) in [5.74, 6) is -1.55. The van der Waals surface area contributed by atoms with Crippen LogP contribution in [0.1, 0.15) is 36.7 Å². The second-order valence-electron chi connectivity index (χ2n) is 8.07. The summed E-state index contributed by atoms with van der Waals surface area (Å²) in [5, 5.41) is 12.3. The molecular weight excluding hydrogens is 403 g/mol. The van der Waals surface area contributed by atoms with E-state index >= 15 is 0 Å².